The molecule has 2 aliphatic heterocycles. The number of piperidine rings is 1. The number of hydrogen-bond donors (Lipinski definition) is 6. The van der Waals surface area contributed by atoms with Crippen molar-refractivity contribution < 1.29 is 67.4 Å². The first-order valence-electron chi connectivity index (χ1n) is 39.0. The number of likely N-dealkylation sites (tertiary alicyclic amines) is 1. The number of carbonyl (C=O) groups is 12. The fraction of sp³-hybridized carbons (Fsp3) is 0.844. The fourth-order valence-electron chi connectivity index (χ4n) is 15.5. The van der Waals surface area contributed by atoms with Gasteiger partial charge in [-0.25, -0.2) is 0 Å². The third-order valence-electron chi connectivity index (χ3n) is 22.1. The number of ether oxygens (including phenoxy) is 1. The number of aliphatic hydroxyl groups excluding tert-OH is 1. The second kappa shape index (κ2) is 40.9. The van der Waals surface area contributed by atoms with Crippen molar-refractivity contribution >= 4 is 70.9 Å². The second-order valence-electron chi connectivity index (χ2n) is 33.4. The SMILES string of the molecule is CC(C)C[C@H]1C(=O)N[C@@H](COC(C)(C)C)C(=O)N(C)[C@@H](CC2CCCCC2)C(=O)N(C)[C@@H](CC(C)C)C(=O)N[C@H](C(=O)N2CCCCC2)CC(=O)N[C@H](C(C)C)C(=O)N(C)[C@@H](CC2CCCCC2)C(=O)N[C@@H](C(C)C)C(=O)N(C)[C@@H](CC2CCCCC2)C(=O)N[C@@H]([C@@H](C)O)C(=O)N(C)CC(=O)N1C. The molecule has 2 heterocycles. The summed E-state index contributed by atoms with van der Waals surface area (Å²) < 4.78 is 6.25. The Kier molecular flexibility index (Phi) is 34.6. The van der Waals surface area contributed by atoms with Crippen LogP contribution in [0.3, 0.4) is 0 Å². The number of rotatable bonds is 16. The summed E-state index contributed by atoms with van der Waals surface area (Å²) in [5.74, 6) is -9.57. The molecule has 3 aliphatic carbocycles. The Morgan fingerprint density at radius 3 is 1.25 bits per heavy atom. The van der Waals surface area contributed by atoms with E-state index in [0.29, 0.717) is 25.9 Å². The van der Waals surface area contributed by atoms with E-state index in [1.165, 1.54) is 73.7 Å². The maximum atomic E-state index is 15.7. The molecule has 0 aromatic rings. The van der Waals surface area contributed by atoms with Gasteiger partial charge in [0, 0.05) is 55.4 Å². The van der Waals surface area contributed by atoms with E-state index in [2.05, 4.69) is 26.6 Å². The van der Waals surface area contributed by atoms with Crippen LogP contribution in [-0.2, 0) is 62.3 Å². The van der Waals surface area contributed by atoms with Gasteiger partial charge in [-0.1, -0.05) is 152 Å². The molecule has 5 rings (SSSR count). The molecule has 0 spiro atoms. The first-order valence-corrected chi connectivity index (χ1v) is 39.0. The largest absolute Gasteiger partial charge is 0.391 e. The first-order chi connectivity index (χ1) is 48.3. The Hall–Kier alpha value is -6.44. The molecule has 0 aromatic carbocycles. The number of likely N-dealkylation sites (N-methyl/N-ethyl adjacent to an activating group) is 6. The molecular formula is C77H134N12O14. The van der Waals surface area contributed by atoms with Crippen molar-refractivity contribution in [2.24, 2.45) is 41.4 Å². The van der Waals surface area contributed by atoms with Crippen LogP contribution in [0, 0.1) is 41.4 Å². The van der Waals surface area contributed by atoms with Crippen LogP contribution in [0.2, 0.25) is 0 Å². The lowest BCUT2D eigenvalue weighted by Gasteiger charge is -2.39. The van der Waals surface area contributed by atoms with Crippen molar-refractivity contribution in [3.8, 4) is 0 Å². The van der Waals surface area contributed by atoms with Gasteiger partial charge in [-0.15, -0.1) is 0 Å². The quantitative estimate of drug-likeness (QED) is 0.104. The summed E-state index contributed by atoms with van der Waals surface area (Å²) >= 11 is 0. The Morgan fingerprint density at radius 2 is 0.825 bits per heavy atom. The van der Waals surface area contributed by atoms with Gasteiger partial charge in [-0.05, 0) is 120 Å². The standard InChI is InChI=1S/C77H134N12O14/c1-47(2)39-57-67(93)79-56(46-103-77(10,11)12)71(97)88(18)61(43-54-35-27-21-28-36-54)73(99)85(15)58(40-48(3)4)68(94)78-55(72(98)89-37-29-22-30-38-89)44-62(91)80-64(49(5)6)75(101)86(16)59(41-52-31-23-19-24-32-52)69(95)81-65(50(7)8)76(102)87(17)60(42-53-33-25-20-26-34-53)70(96)82-66(51(9)90)74(100)83(13)45-63(92)84(57)14/h47-61,64-66,90H,19-46H2,1-18H3,(H,78,94)(H,79,93)(H,80,91)(H,81,95)(H,82,96)/t51-,55+,56+,57+,58+,59+,60+,61+,64-,65+,66+/m1/s1. The molecule has 0 aromatic heterocycles. The van der Waals surface area contributed by atoms with Crippen LogP contribution < -0.4 is 26.6 Å². The van der Waals surface area contributed by atoms with Crippen molar-refractivity contribution in [3.05, 3.63) is 0 Å². The number of aliphatic hydroxyl groups is 1. The Morgan fingerprint density at radius 1 is 0.447 bits per heavy atom. The van der Waals surface area contributed by atoms with Crippen molar-refractivity contribution in [2.45, 2.75) is 309 Å². The normalized spacial score (nSPS) is 28.1. The molecular weight excluding hydrogens is 1320 g/mol. The molecule has 26 heteroatoms. The minimum atomic E-state index is -1.62. The molecule has 26 nitrogen and oxygen atoms in total. The molecule has 12 amide bonds. The summed E-state index contributed by atoms with van der Waals surface area (Å²) in [4.78, 5) is 191. The third-order valence-corrected chi connectivity index (χ3v) is 22.1. The maximum Gasteiger partial charge on any atom is 0.248 e. The molecule has 103 heavy (non-hydrogen) atoms. The van der Waals surface area contributed by atoms with Gasteiger partial charge in [0.15, 0.2) is 0 Å². The molecule has 11 atom stereocenters. The molecule has 0 bridgehead atoms. The van der Waals surface area contributed by atoms with Gasteiger partial charge in [0.25, 0.3) is 0 Å². The highest BCUT2D eigenvalue weighted by Crippen LogP contribution is 2.33. The van der Waals surface area contributed by atoms with Crippen molar-refractivity contribution in [1.29, 1.82) is 0 Å². The minimum absolute atomic E-state index is 0.000235. The van der Waals surface area contributed by atoms with Gasteiger partial charge >= 0.3 is 0 Å². The van der Waals surface area contributed by atoms with E-state index in [-0.39, 0.29) is 68.3 Å². The van der Waals surface area contributed by atoms with Crippen molar-refractivity contribution in [1.82, 2.24) is 60.9 Å². The summed E-state index contributed by atoms with van der Waals surface area (Å²) in [7, 11) is 8.71. The highest BCUT2D eigenvalue weighted by atomic mass is 16.5. The Balaban J connectivity index is 1.69. The molecule has 3 saturated carbocycles. The summed E-state index contributed by atoms with van der Waals surface area (Å²) in [5.41, 5.74) is -0.830. The fourth-order valence-corrected chi connectivity index (χ4v) is 15.5. The minimum Gasteiger partial charge on any atom is -0.391 e. The molecule has 0 radical (unpaired) electrons. The van der Waals surface area contributed by atoms with Crippen molar-refractivity contribution in [2.75, 3.05) is 68.5 Å². The lowest BCUT2D eigenvalue weighted by Crippen LogP contribution is -2.62. The number of nitrogens with zero attached hydrogens (tertiary/aromatic N) is 7. The summed E-state index contributed by atoms with van der Waals surface area (Å²) in [5, 5.41) is 25.9. The lowest BCUT2D eigenvalue weighted by atomic mass is 9.83. The van der Waals surface area contributed by atoms with Crippen LogP contribution in [-0.4, -0.2) is 251 Å². The van der Waals surface area contributed by atoms with Crippen molar-refractivity contribution in [3.63, 3.8) is 0 Å². The smallest absolute Gasteiger partial charge is 0.248 e. The summed E-state index contributed by atoms with van der Waals surface area (Å²) in [6.45, 7) is 21.0. The highest BCUT2D eigenvalue weighted by molar-refractivity contribution is 6.00. The van der Waals surface area contributed by atoms with E-state index in [4.69, 9.17) is 4.74 Å². The Bertz CT molecular complexity index is 2840. The van der Waals surface area contributed by atoms with E-state index >= 15 is 38.4 Å². The van der Waals surface area contributed by atoms with E-state index in [1.54, 1.807) is 53.4 Å². The molecule has 5 fully saturated rings. The average molecular weight is 1450 g/mol. The summed E-state index contributed by atoms with van der Waals surface area (Å²) in [6, 6.07) is -13.0. The van der Waals surface area contributed by atoms with Gasteiger partial charge in [0.2, 0.25) is 70.9 Å². The van der Waals surface area contributed by atoms with E-state index in [0.717, 1.165) is 108 Å². The lowest BCUT2D eigenvalue weighted by molar-refractivity contribution is -0.152. The van der Waals surface area contributed by atoms with Gasteiger partial charge in [0.05, 0.1) is 31.3 Å². The van der Waals surface area contributed by atoms with Gasteiger partial charge in [0.1, 0.15) is 60.4 Å². The van der Waals surface area contributed by atoms with Gasteiger partial charge < -0.3 is 70.7 Å². The van der Waals surface area contributed by atoms with E-state index in [1.807, 2.05) is 27.7 Å². The zero-order chi connectivity index (χ0) is 76.9. The predicted molar refractivity (Wildman–Crippen MR) is 395 cm³/mol. The first kappa shape index (κ1) is 87.2. The zero-order valence-corrected chi connectivity index (χ0v) is 66.1. The maximum absolute atomic E-state index is 15.7. The zero-order valence-electron chi connectivity index (χ0n) is 66.1. The monoisotopic (exact) mass is 1450 g/mol. The molecule has 586 valence electrons. The number of amides is 12. The highest BCUT2D eigenvalue weighted by Gasteiger charge is 2.45. The molecule has 5 aliphatic rings. The molecule has 6 N–H and O–H groups in total. The number of carbonyl (C=O) groups excluding carboxylic acids is 12. The van der Waals surface area contributed by atoms with Crippen LogP contribution in [0.1, 0.15) is 237 Å². The van der Waals surface area contributed by atoms with Crippen LogP contribution in [0.25, 0.3) is 0 Å². The Labute approximate surface area is 615 Å². The number of hydrogen-bond acceptors (Lipinski definition) is 14. The summed E-state index contributed by atoms with van der Waals surface area (Å²) in [6.07, 6.45) is 14.2. The van der Waals surface area contributed by atoms with Crippen LogP contribution >= 0.6 is 0 Å². The van der Waals surface area contributed by atoms with E-state index < -0.39 is 168 Å². The second-order valence-corrected chi connectivity index (χ2v) is 33.4. The van der Waals surface area contributed by atoms with Crippen LogP contribution in [0.15, 0.2) is 0 Å². The van der Waals surface area contributed by atoms with Crippen LogP contribution in [0.5, 0.6) is 0 Å². The molecule has 0 unspecified atom stereocenters. The molecule has 2 saturated heterocycles. The number of nitrogens with one attached hydrogen (secondary N) is 5. The third kappa shape index (κ3) is 25.9. The van der Waals surface area contributed by atoms with Gasteiger partial charge in [-0.2, -0.15) is 0 Å². The topological polar surface area (TPSA) is 317 Å². The van der Waals surface area contributed by atoms with Gasteiger partial charge in [-0.3, -0.25) is 57.5 Å². The average Bonchev–Trinajstić information content (AvgIpc) is 0.817. The predicted octanol–water partition coefficient (Wildman–Crippen LogP) is 5.93. The van der Waals surface area contributed by atoms with Crippen LogP contribution in [0.4, 0.5) is 0 Å². The van der Waals surface area contributed by atoms with E-state index in [9.17, 15) is 24.3 Å².